The predicted molar refractivity (Wildman–Crippen MR) is 99.7 cm³/mol. The molecule has 128 valence electrons. The number of nitrogens with zero attached hydrogens (tertiary/aromatic N) is 1. The first-order chi connectivity index (χ1) is 11.9. The molecule has 0 radical (unpaired) electrons. The van der Waals surface area contributed by atoms with Crippen LogP contribution in [0.2, 0.25) is 0 Å². The van der Waals surface area contributed by atoms with Crippen LogP contribution < -0.4 is 16.1 Å². The summed E-state index contributed by atoms with van der Waals surface area (Å²) in [6.45, 7) is 3.63. The fourth-order valence-corrected chi connectivity index (χ4v) is 2.90. The highest BCUT2D eigenvalue weighted by atomic mass is 32.1. The number of rotatable bonds is 3. The summed E-state index contributed by atoms with van der Waals surface area (Å²) in [6.07, 6.45) is 0. The molecule has 2 aromatic rings. The molecule has 1 heterocycles. The zero-order chi connectivity index (χ0) is 18.0. The molecular weight excluding hydrogens is 336 g/mol. The van der Waals surface area contributed by atoms with E-state index in [0.29, 0.717) is 5.56 Å². The van der Waals surface area contributed by atoms with Crippen molar-refractivity contribution in [2.75, 3.05) is 5.32 Å². The van der Waals surface area contributed by atoms with Crippen LogP contribution in [-0.4, -0.2) is 22.1 Å². The molecule has 3 rings (SSSR count). The summed E-state index contributed by atoms with van der Waals surface area (Å²) in [4.78, 5) is 25.0. The Morgan fingerprint density at radius 3 is 2.52 bits per heavy atom. The Kier molecular flexibility index (Phi) is 4.41. The minimum absolute atomic E-state index is 0.159. The van der Waals surface area contributed by atoms with Crippen LogP contribution in [0.4, 0.5) is 10.5 Å². The molecule has 0 bridgehead atoms. The molecule has 3 N–H and O–H groups in total. The zero-order valence-electron chi connectivity index (χ0n) is 13.9. The van der Waals surface area contributed by atoms with Gasteiger partial charge in [-0.05, 0) is 49.3 Å². The van der Waals surface area contributed by atoms with Gasteiger partial charge < -0.3 is 10.6 Å². The molecule has 1 aliphatic rings. The number of carbonyl (C=O) groups is 2. The number of thiocarbonyl (C=S) groups is 1. The topological polar surface area (TPSA) is 73.5 Å². The van der Waals surface area contributed by atoms with Crippen LogP contribution >= 0.6 is 12.2 Å². The Morgan fingerprint density at radius 2 is 1.84 bits per heavy atom. The van der Waals surface area contributed by atoms with Gasteiger partial charge in [-0.1, -0.05) is 42.5 Å². The minimum atomic E-state index is -1.13. The molecule has 0 aliphatic carbocycles. The van der Waals surface area contributed by atoms with Crippen LogP contribution in [0.1, 0.15) is 18.1 Å². The summed E-state index contributed by atoms with van der Waals surface area (Å²) in [6, 6.07) is 16.1. The number of hydrogen-bond acceptors (Lipinski definition) is 3. The van der Waals surface area contributed by atoms with E-state index in [4.69, 9.17) is 12.2 Å². The maximum Gasteiger partial charge on any atom is 0.344 e. The van der Waals surface area contributed by atoms with E-state index < -0.39 is 17.5 Å². The SMILES string of the molecule is Cc1cccc(NC(=S)NN2C(=O)N[C@](C)(c3ccccc3)C2=O)c1. The van der Waals surface area contributed by atoms with Crippen LogP contribution in [0, 0.1) is 6.92 Å². The number of hydrogen-bond donors (Lipinski definition) is 3. The lowest BCUT2D eigenvalue weighted by Crippen LogP contribution is -2.49. The molecule has 0 spiro atoms. The van der Waals surface area contributed by atoms with Gasteiger partial charge in [-0.2, -0.15) is 5.01 Å². The van der Waals surface area contributed by atoms with Crippen LogP contribution in [-0.2, 0) is 10.3 Å². The van der Waals surface area contributed by atoms with E-state index in [1.54, 1.807) is 19.1 Å². The van der Waals surface area contributed by atoms with Crippen molar-refractivity contribution in [2.24, 2.45) is 0 Å². The lowest BCUT2D eigenvalue weighted by atomic mass is 9.92. The molecule has 7 heteroatoms. The number of urea groups is 1. The lowest BCUT2D eigenvalue weighted by molar-refractivity contribution is -0.132. The normalized spacial score (nSPS) is 19.5. The highest BCUT2D eigenvalue weighted by molar-refractivity contribution is 7.80. The van der Waals surface area contributed by atoms with Gasteiger partial charge in [-0.15, -0.1) is 0 Å². The van der Waals surface area contributed by atoms with Crippen molar-refractivity contribution in [1.82, 2.24) is 15.8 Å². The van der Waals surface area contributed by atoms with E-state index in [-0.39, 0.29) is 5.11 Å². The van der Waals surface area contributed by atoms with Gasteiger partial charge in [0.1, 0.15) is 5.54 Å². The van der Waals surface area contributed by atoms with Crippen molar-refractivity contribution in [2.45, 2.75) is 19.4 Å². The van der Waals surface area contributed by atoms with E-state index in [9.17, 15) is 9.59 Å². The molecule has 0 unspecified atom stereocenters. The van der Waals surface area contributed by atoms with Crippen molar-refractivity contribution < 1.29 is 9.59 Å². The van der Waals surface area contributed by atoms with E-state index in [1.807, 2.05) is 49.4 Å². The molecule has 25 heavy (non-hydrogen) atoms. The third kappa shape index (κ3) is 3.32. The fourth-order valence-electron chi connectivity index (χ4n) is 2.69. The molecule has 0 aromatic heterocycles. The summed E-state index contributed by atoms with van der Waals surface area (Å²) in [5.41, 5.74) is 4.08. The van der Waals surface area contributed by atoms with Crippen molar-refractivity contribution in [3.63, 3.8) is 0 Å². The van der Waals surface area contributed by atoms with E-state index in [2.05, 4.69) is 16.1 Å². The maximum absolute atomic E-state index is 12.8. The molecule has 1 atom stereocenters. The van der Waals surface area contributed by atoms with Gasteiger partial charge in [0.15, 0.2) is 5.11 Å². The van der Waals surface area contributed by atoms with Crippen molar-refractivity contribution in [3.05, 3.63) is 65.7 Å². The first-order valence-corrected chi connectivity index (χ1v) is 8.17. The minimum Gasteiger partial charge on any atom is -0.331 e. The summed E-state index contributed by atoms with van der Waals surface area (Å²) >= 11 is 5.22. The molecular formula is C18H18N4O2S. The number of amides is 3. The summed E-state index contributed by atoms with van der Waals surface area (Å²) < 4.78 is 0. The van der Waals surface area contributed by atoms with Crippen molar-refractivity contribution in [3.8, 4) is 0 Å². The van der Waals surface area contributed by atoms with Gasteiger partial charge >= 0.3 is 6.03 Å². The second kappa shape index (κ2) is 6.52. The van der Waals surface area contributed by atoms with Crippen LogP contribution in [0.3, 0.4) is 0 Å². The number of carbonyl (C=O) groups excluding carboxylic acids is 2. The van der Waals surface area contributed by atoms with Crippen LogP contribution in [0.15, 0.2) is 54.6 Å². The number of benzene rings is 2. The predicted octanol–water partition coefficient (Wildman–Crippen LogP) is 2.66. The molecule has 0 saturated carbocycles. The first-order valence-electron chi connectivity index (χ1n) is 7.77. The summed E-state index contributed by atoms with van der Waals surface area (Å²) in [7, 11) is 0. The number of nitrogens with one attached hydrogen (secondary N) is 3. The number of imide groups is 1. The first kappa shape index (κ1) is 16.9. The van der Waals surface area contributed by atoms with Gasteiger partial charge in [0.2, 0.25) is 0 Å². The largest absolute Gasteiger partial charge is 0.344 e. The smallest absolute Gasteiger partial charge is 0.331 e. The third-order valence-corrected chi connectivity index (χ3v) is 4.22. The van der Waals surface area contributed by atoms with E-state index in [1.165, 1.54) is 0 Å². The Labute approximate surface area is 151 Å². The fraction of sp³-hybridized carbons (Fsp3) is 0.167. The lowest BCUT2D eigenvalue weighted by Gasteiger charge is -2.22. The van der Waals surface area contributed by atoms with Gasteiger partial charge in [-0.3, -0.25) is 10.2 Å². The summed E-state index contributed by atoms with van der Waals surface area (Å²) in [5, 5.41) is 6.74. The van der Waals surface area contributed by atoms with Gasteiger partial charge in [-0.25, -0.2) is 4.79 Å². The maximum atomic E-state index is 12.8. The Morgan fingerprint density at radius 1 is 1.12 bits per heavy atom. The Hall–Kier alpha value is -2.93. The van der Waals surface area contributed by atoms with Crippen LogP contribution in [0.5, 0.6) is 0 Å². The average Bonchev–Trinajstić information content (AvgIpc) is 2.80. The number of aryl methyl sites for hydroxylation is 1. The highest BCUT2D eigenvalue weighted by Gasteiger charge is 2.49. The standard InChI is InChI=1S/C18H18N4O2S/c1-12-7-6-10-14(11-12)19-16(25)21-22-15(23)18(2,20-17(22)24)13-8-4-3-5-9-13/h3-11H,1-2H3,(H,20,24)(H2,19,21,25)/t18-/m1/s1. The molecule has 3 amide bonds. The molecule has 1 fully saturated rings. The number of hydrazine groups is 1. The van der Waals surface area contributed by atoms with Gasteiger partial charge in [0, 0.05) is 5.69 Å². The van der Waals surface area contributed by atoms with E-state index >= 15 is 0 Å². The molecule has 2 aromatic carbocycles. The quantitative estimate of drug-likeness (QED) is 0.584. The second-order valence-corrected chi connectivity index (χ2v) is 6.41. The van der Waals surface area contributed by atoms with Crippen molar-refractivity contribution in [1.29, 1.82) is 0 Å². The molecule has 1 saturated heterocycles. The Balaban J connectivity index is 1.74. The zero-order valence-corrected chi connectivity index (χ0v) is 14.7. The van der Waals surface area contributed by atoms with Gasteiger partial charge in [0.05, 0.1) is 0 Å². The average molecular weight is 354 g/mol. The van der Waals surface area contributed by atoms with Gasteiger partial charge in [0.25, 0.3) is 5.91 Å². The summed E-state index contributed by atoms with van der Waals surface area (Å²) in [5.74, 6) is -0.419. The number of anilines is 1. The van der Waals surface area contributed by atoms with E-state index in [0.717, 1.165) is 16.3 Å². The van der Waals surface area contributed by atoms with Crippen LogP contribution in [0.25, 0.3) is 0 Å². The monoisotopic (exact) mass is 354 g/mol. The van der Waals surface area contributed by atoms with Crippen molar-refractivity contribution >= 4 is 35.0 Å². The molecule has 1 aliphatic heterocycles. The second-order valence-electron chi connectivity index (χ2n) is 6.00. The molecule has 6 nitrogen and oxygen atoms in total. The third-order valence-electron chi connectivity index (χ3n) is 4.03. The highest BCUT2D eigenvalue weighted by Crippen LogP contribution is 2.27. The Bertz CT molecular complexity index is 840.